The number of hydrogen-bond acceptors (Lipinski definition) is 4. The molecule has 26 heavy (non-hydrogen) atoms. The van der Waals surface area contributed by atoms with E-state index in [1.807, 2.05) is 28.1 Å². The normalized spacial score (nSPS) is 14.8. The van der Waals surface area contributed by atoms with Crippen LogP contribution >= 0.6 is 0 Å². The Hall–Kier alpha value is -2.28. The van der Waals surface area contributed by atoms with Gasteiger partial charge in [-0.25, -0.2) is 4.79 Å². The van der Waals surface area contributed by atoms with E-state index >= 15 is 0 Å². The quantitative estimate of drug-likeness (QED) is 0.777. The lowest BCUT2D eigenvalue weighted by atomic mass is 10.2. The van der Waals surface area contributed by atoms with Crippen molar-refractivity contribution in [1.82, 2.24) is 9.80 Å². The maximum absolute atomic E-state index is 12.5. The average Bonchev–Trinajstić information content (AvgIpc) is 2.63. The average molecular weight is 363 g/mol. The summed E-state index contributed by atoms with van der Waals surface area (Å²) in [5.74, 6) is 0.126. The van der Waals surface area contributed by atoms with Crippen molar-refractivity contribution >= 4 is 17.7 Å². The van der Waals surface area contributed by atoms with Crippen molar-refractivity contribution in [2.45, 2.75) is 13.5 Å². The molecule has 1 fully saturated rings. The van der Waals surface area contributed by atoms with Gasteiger partial charge in [0.1, 0.15) is 0 Å². The number of hydrogen-bond donors (Lipinski definition) is 1. The van der Waals surface area contributed by atoms with E-state index in [0.717, 1.165) is 24.3 Å². The van der Waals surface area contributed by atoms with Crippen LogP contribution < -0.4 is 9.80 Å². The Balaban J connectivity index is 1.78. The zero-order valence-corrected chi connectivity index (χ0v) is 16.3. The molecular weight excluding hydrogens is 332 g/mol. The molecule has 0 bridgehead atoms. The number of ether oxygens (including phenoxy) is 1. The standard InChI is InChI=1S/C19H30N4O3/c1-5-26-19(25)23-12-10-22(11-13-23)15-18(24)21(4)14-16-6-8-17(9-7-16)20(2)3/h6-9H,5,10-15H2,1-4H3/p+1. The van der Waals surface area contributed by atoms with Gasteiger partial charge in [0.05, 0.1) is 32.8 Å². The number of benzene rings is 1. The lowest BCUT2D eigenvalue weighted by Gasteiger charge is -2.32. The Morgan fingerprint density at radius 3 is 2.27 bits per heavy atom. The Kier molecular flexibility index (Phi) is 7.26. The first-order chi connectivity index (χ1) is 12.4. The summed E-state index contributed by atoms with van der Waals surface area (Å²) < 4.78 is 5.02. The van der Waals surface area contributed by atoms with E-state index in [0.29, 0.717) is 32.8 Å². The lowest BCUT2D eigenvalue weighted by Crippen LogP contribution is -3.15. The molecule has 144 valence electrons. The Morgan fingerprint density at radius 2 is 1.73 bits per heavy atom. The van der Waals surface area contributed by atoms with Gasteiger partial charge in [-0.05, 0) is 24.6 Å². The predicted molar refractivity (Wildman–Crippen MR) is 101 cm³/mol. The molecule has 1 aliphatic heterocycles. The molecule has 1 N–H and O–H groups in total. The maximum atomic E-state index is 12.5. The summed E-state index contributed by atoms with van der Waals surface area (Å²) in [5, 5.41) is 0. The first-order valence-corrected chi connectivity index (χ1v) is 9.16. The molecule has 2 rings (SSSR count). The minimum atomic E-state index is -0.254. The van der Waals surface area contributed by atoms with Crippen molar-refractivity contribution in [3.63, 3.8) is 0 Å². The third-order valence-corrected chi connectivity index (χ3v) is 4.70. The van der Waals surface area contributed by atoms with Crippen LogP contribution in [0.3, 0.4) is 0 Å². The third-order valence-electron chi connectivity index (χ3n) is 4.70. The van der Waals surface area contributed by atoms with Gasteiger partial charge in [0.2, 0.25) is 0 Å². The van der Waals surface area contributed by atoms with Gasteiger partial charge in [-0.1, -0.05) is 12.1 Å². The summed E-state index contributed by atoms with van der Waals surface area (Å²) in [7, 11) is 5.86. The number of piperazine rings is 1. The van der Waals surface area contributed by atoms with Crippen molar-refractivity contribution in [3.05, 3.63) is 29.8 Å². The van der Waals surface area contributed by atoms with Gasteiger partial charge >= 0.3 is 6.09 Å². The molecule has 0 aromatic heterocycles. The van der Waals surface area contributed by atoms with Crippen LogP contribution in [-0.4, -0.2) is 82.3 Å². The van der Waals surface area contributed by atoms with Crippen molar-refractivity contribution in [2.24, 2.45) is 0 Å². The maximum Gasteiger partial charge on any atom is 0.410 e. The van der Waals surface area contributed by atoms with Gasteiger partial charge in [-0.15, -0.1) is 0 Å². The van der Waals surface area contributed by atoms with E-state index in [1.165, 1.54) is 4.90 Å². The Bertz CT molecular complexity index is 595. The zero-order chi connectivity index (χ0) is 19.1. The molecule has 1 aromatic carbocycles. The van der Waals surface area contributed by atoms with Crippen LogP contribution in [0.5, 0.6) is 0 Å². The fourth-order valence-corrected chi connectivity index (χ4v) is 3.01. The number of anilines is 1. The fourth-order valence-electron chi connectivity index (χ4n) is 3.01. The molecule has 1 heterocycles. The molecule has 2 amide bonds. The van der Waals surface area contributed by atoms with Crippen molar-refractivity contribution < 1.29 is 19.2 Å². The largest absolute Gasteiger partial charge is 0.450 e. The first kappa shape index (κ1) is 20.0. The van der Waals surface area contributed by atoms with E-state index in [9.17, 15) is 9.59 Å². The first-order valence-electron chi connectivity index (χ1n) is 9.16. The van der Waals surface area contributed by atoms with Crippen LogP contribution in [-0.2, 0) is 16.1 Å². The highest BCUT2D eigenvalue weighted by Gasteiger charge is 2.26. The van der Waals surface area contributed by atoms with E-state index in [4.69, 9.17) is 4.74 Å². The number of carbonyl (C=O) groups excluding carboxylic acids is 2. The van der Waals surface area contributed by atoms with Crippen LogP contribution in [0.4, 0.5) is 10.5 Å². The number of rotatable bonds is 6. The smallest absolute Gasteiger partial charge is 0.410 e. The Labute approximate surface area is 156 Å². The van der Waals surface area contributed by atoms with Gasteiger partial charge in [0.25, 0.3) is 5.91 Å². The van der Waals surface area contributed by atoms with E-state index in [1.54, 1.807) is 9.80 Å². The van der Waals surface area contributed by atoms with Crippen molar-refractivity contribution in [2.75, 3.05) is 65.4 Å². The minimum Gasteiger partial charge on any atom is -0.450 e. The molecule has 7 nitrogen and oxygen atoms in total. The summed E-state index contributed by atoms with van der Waals surface area (Å²) in [6, 6.07) is 8.25. The number of likely N-dealkylation sites (N-methyl/N-ethyl adjacent to an activating group) is 1. The molecule has 0 unspecified atom stereocenters. The van der Waals surface area contributed by atoms with E-state index in [2.05, 4.69) is 29.2 Å². The monoisotopic (exact) mass is 363 g/mol. The summed E-state index contributed by atoms with van der Waals surface area (Å²) in [5.41, 5.74) is 2.26. The van der Waals surface area contributed by atoms with Crippen LogP contribution in [0.15, 0.2) is 24.3 Å². The number of nitrogens with one attached hydrogen (secondary N) is 1. The number of nitrogens with zero attached hydrogens (tertiary/aromatic N) is 3. The number of quaternary nitrogens is 1. The summed E-state index contributed by atoms with van der Waals surface area (Å²) in [6.07, 6.45) is -0.254. The van der Waals surface area contributed by atoms with Gasteiger partial charge in [0.15, 0.2) is 6.54 Å². The van der Waals surface area contributed by atoms with Crippen LogP contribution in [0.25, 0.3) is 0 Å². The summed E-state index contributed by atoms with van der Waals surface area (Å²) >= 11 is 0. The second kappa shape index (κ2) is 9.43. The van der Waals surface area contributed by atoms with Gasteiger partial charge in [-0.2, -0.15) is 0 Å². The highest BCUT2D eigenvalue weighted by atomic mass is 16.6. The van der Waals surface area contributed by atoms with Crippen LogP contribution in [0, 0.1) is 0 Å². The van der Waals surface area contributed by atoms with Gasteiger partial charge in [-0.3, -0.25) is 9.69 Å². The molecule has 0 atom stereocenters. The van der Waals surface area contributed by atoms with Crippen LogP contribution in [0.2, 0.25) is 0 Å². The molecule has 0 aliphatic carbocycles. The fraction of sp³-hybridized carbons (Fsp3) is 0.579. The summed E-state index contributed by atoms with van der Waals surface area (Å²) in [6.45, 7) is 6.09. The predicted octanol–water partition coefficient (Wildman–Crippen LogP) is 0.0680. The molecular formula is C19H31N4O3+. The summed E-state index contributed by atoms with van der Waals surface area (Å²) in [4.78, 5) is 31.0. The topological polar surface area (TPSA) is 57.5 Å². The van der Waals surface area contributed by atoms with Crippen molar-refractivity contribution in [1.29, 1.82) is 0 Å². The molecule has 1 aliphatic rings. The molecule has 7 heteroatoms. The lowest BCUT2D eigenvalue weighted by molar-refractivity contribution is -0.896. The van der Waals surface area contributed by atoms with E-state index in [-0.39, 0.29) is 12.0 Å². The number of carbonyl (C=O) groups is 2. The SMILES string of the molecule is CCOC(=O)N1CC[NH+](CC(=O)N(C)Cc2ccc(N(C)C)cc2)CC1. The minimum absolute atomic E-state index is 0.126. The molecule has 0 spiro atoms. The molecule has 0 saturated carbocycles. The molecule has 1 aromatic rings. The van der Waals surface area contributed by atoms with Crippen LogP contribution in [0.1, 0.15) is 12.5 Å². The second-order valence-electron chi connectivity index (χ2n) is 6.92. The van der Waals surface area contributed by atoms with E-state index < -0.39 is 0 Å². The zero-order valence-electron chi connectivity index (χ0n) is 16.3. The second-order valence-corrected chi connectivity index (χ2v) is 6.92. The molecule has 1 saturated heterocycles. The third kappa shape index (κ3) is 5.62. The number of amides is 2. The van der Waals surface area contributed by atoms with Gasteiger partial charge < -0.3 is 19.4 Å². The Morgan fingerprint density at radius 1 is 1.12 bits per heavy atom. The highest BCUT2D eigenvalue weighted by Crippen LogP contribution is 2.13. The van der Waals surface area contributed by atoms with Crippen molar-refractivity contribution in [3.8, 4) is 0 Å². The highest BCUT2D eigenvalue weighted by molar-refractivity contribution is 5.76. The molecule has 0 radical (unpaired) electrons. The van der Waals surface area contributed by atoms with Gasteiger partial charge in [0, 0.05) is 33.4 Å².